The third-order valence-electron chi connectivity index (χ3n) is 3.31. The summed E-state index contributed by atoms with van der Waals surface area (Å²) in [6.07, 6.45) is 2.46. The molecule has 2 atom stereocenters. The van der Waals surface area contributed by atoms with E-state index in [4.69, 9.17) is 4.74 Å². The molecule has 2 heterocycles. The average Bonchev–Trinajstić information content (AvgIpc) is 2.37. The Bertz CT molecular complexity index is 512. The number of H-pyrrole nitrogens is 1. The summed E-state index contributed by atoms with van der Waals surface area (Å²) in [6.45, 7) is 4.47. The van der Waals surface area contributed by atoms with Gasteiger partial charge in [-0.05, 0) is 26.2 Å². The maximum Gasteiger partial charge on any atom is 0.347 e. The standard InChI is InChI=1S/C13H19N3O3/c1-3-10-9(5-4-6-19-10)12(17)15-11-7-8(2)14-13(18)16-11/h7,9-10H,3-6H2,1-2H3,(H2,14,15,16,17,18)/t9-,10-/m0/s1. The van der Waals surface area contributed by atoms with Crippen LogP contribution in [0.3, 0.4) is 0 Å². The third-order valence-corrected chi connectivity index (χ3v) is 3.31. The van der Waals surface area contributed by atoms with Crippen LogP contribution in [-0.4, -0.2) is 28.6 Å². The van der Waals surface area contributed by atoms with Crippen LogP contribution in [0.15, 0.2) is 10.9 Å². The van der Waals surface area contributed by atoms with Gasteiger partial charge in [0.25, 0.3) is 0 Å². The van der Waals surface area contributed by atoms with Crippen LogP contribution in [-0.2, 0) is 9.53 Å². The molecule has 1 aliphatic heterocycles. The molecule has 1 aromatic heterocycles. The van der Waals surface area contributed by atoms with Gasteiger partial charge >= 0.3 is 5.69 Å². The molecule has 0 aliphatic carbocycles. The highest BCUT2D eigenvalue weighted by atomic mass is 16.5. The van der Waals surface area contributed by atoms with E-state index in [1.807, 2.05) is 6.92 Å². The van der Waals surface area contributed by atoms with Gasteiger partial charge in [-0.25, -0.2) is 4.79 Å². The summed E-state index contributed by atoms with van der Waals surface area (Å²) in [7, 11) is 0. The van der Waals surface area contributed by atoms with E-state index in [1.54, 1.807) is 13.0 Å². The van der Waals surface area contributed by atoms with Crippen LogP contribution in [0.2, 0.25) is 0 Å². The molecule has 104 valence electrons. The minimum absolute atomic E-state index is 0.0446. The van der Waals surface area contributed by atoms with Crippen molar-refractivity contribution in [1.29, 1.82) is 0 Å². The van der Waals surface area contributed by atoms with Crippen molar-refractivity contribution < 1.29 is 9.53 Å². The highest BCUT2D eigenvalue weighted by Crippen LogP contribution is 2.24. The number of carbonyl (C=O) groups excluding carboxylic acids is 1. The zero-order chi connectivity index (χ0) is 13.8. The first kappa shape index (κ1) is 13.7. The number of carbonyl (C=O) groups is 1. The van der Waals surface area contributed by atoms with E-state index in [0.29, 0.717) is 18.1 Å². The lowest BCUT2D eigenvalue weighted by Gasteiger charge is -2.29. The van der Waals surface area contributed by atoms with Gasteiger partial charge in [0.05, 0.1) is 12.0 Å². The predicted octanol–water partition coefficient (Wildman–Crippen LogP) is 1.22. The Hall–Kier alpha value is -1.69. The molecule has 0 spiro atoms. The minimum atomic E-state index is -0.456. The Morgan fingerprint density at radius 1 is 1.63 bits per heavy atom. The molecule has 1 aromatic rings. The summed E-state index contributed by atoms with van der Waals surface area (Å²) >= 11 is 0. The molecule has 0 saturated carbocycles. The van der Waals surface area contributed by atoms with Crippen molar-refractivity contribution in [2.45, 2.75) is 39.2 Å². The van der Waals surface area contributed by atoms with Crippen LogP contribution in [0.5, 0.6) is 0 Å². The van der Waals surface area contributed by atoms with Crippen LogP contribution in [0.1, 0.15) is 31.9 Å². The summed E-state index contributed by atoms with van der Waals surface area (Å²) in [6, 6.07) is 1.64. The summed E-state index contributed by atoms with van der Waals surface area (Å²) in [5.74, 6) is 0.0101. The normalized spacial score (nSPS) is 23.1. The van der Waals surface area contributed by atoms with E-state index in [1.165, 1.54) is 0 Å². The molecule has 1 aliphatic rings. The monoisotopic (exact) mass is 265 g/mol. The average molecular weight is 265 g/mol. The molecule has 6 heteroatoms. The number of rotatable bonds is 3. The van der Waals surface area contributed by atoms with Crippen molar-refractivity contribution in [2.75, 3.05) is 11.9 Å². The second-order valence-electron chi connectivity index (χ2n) is 4.81. The van der Waals surface area contributed by atoms with Gasteiger partial charge in [-0.1, -0.05) is 6.92 Å². The van der Waals surface area contributed by atoms with Gasteiger partial charge in [0.15, 0.2) is 0 Å². The van der Waals surface area contributed by atoms with Gasteiger partial charge in [-0.15, -0.1) is 0 Å². The smallest absolute Gasteiger partial charge is 0.347 e. The highest BCUT2D eigenvalue weighted by Gasteiger charge is 2.30. The molecule has 2 N–H and O–H groups in total. The molecule has 0 aromatic carbocycles. The summed E-state index contributed by atoms with van der Waals surface area (Å²) in [5.41, 5.74) is 0.212. The van der Waals surface area contributed by atoms with Crippen LogP contribution in [0.25, 0.3) is 0 Å². The first-order valence-electron chi connectivity index (χ1n) is 6.60. The number of nitrogens with zero attached hydrogens (tertiary/aromatic N) is 1. The molecular weight excluding hydrogens is 246 g/mol. The van der Waals surface area contributed by atoms with E-state index in [9.17, 15) is 9.59 Å². The number of hydrogen-bond acceptors (Lipinski definition) is 4. The molecule has 0 bridgehead atoms. The fraction of sp³-hybridized carbons (Fsp3) is 0.615. The Morgan fingerprint density at radius 2 is 2.42 bits per heavy atom. The second kappa shape index (κ2) is 5.97. The fourth-order valence-electron chi connectivity index (χ4n) is 2.40. The molecule has 1 fully saturated rings. The van der Waals surface area contributed by atoms with Crippen LogP contribution >= 0.6 is 0 Å². The Kier molecular flexibility index (Phi) is 4.31. The van der Waals surface area contributed by atoms with Crippen molar-refractivity contribution in [1.82, 2.24) is 9.97 Å². The number of amides is 1. The molecule has 1 amide bonds. The van der Waals surface area contributed by atoms with Gasteiger partial charge in [-0.3, -0.25) is 4.79 Å². The SMILES string of the molecule is CC[C@@H]1OCCC[C@@H]1C(=O)Nc1cc(C)[nH]c(=O)n1. The molecule has 19 heavy (non-hydrogen) atoms. The van der Waals surface area contributed by atoms with Gasteiger partial charge in [0.2, 0.25) is 5.91 Å². The van der Waals surface area contributed by atoms with E-state index < -0.39 is 5.69 Å². The lowest BCUT2D eigenvalue weighted by Crippen LogP contribution is -2.38. The number of aromatic nitrogens is 2. The fourth-order valence-corrected chi connectivity index (χ4v) is 2.40. The zero-order valence-electron chi connectivity index (χ0n) is 11.2. The number of hydrogen-bond donors (Lipinski definition) is 2. The quantitative estimate of drug-likeness (QED) is 0.860. The lowest BCUT2D eigenvalue weighted by atomic mass is 9.92. The van der Waals surface area contributed by atoms with Crippen molar-refractivity contribution >= 4 is 11.7 Å². The summed E-state index contributed by atoms with van der Waals surface area (Å²) in [4.78, 5) is 29.7. The lowest BCUT2D eigenvalue weighted by molar-refractivity contribution is -0.129. The van der Waals surface area contributed by atoms with E-state index in [-0.39, 0.29) is 17.9 Å². The van der Waals surface area contributed by atoms with E-state index in [0.717, 1.165) is 19.3 Å². The zero-order valence-corrected chi connectivity index (χ0v) is 11.2. The predicted molar refractivity (Wildman–Crippen MR) is 71.0 cm³/mol. The maximum absolute atomic E-state index is 12.2. The number of aromatic amines is 1. The van der Waals surface area contributed by atoms with Crippen molar-refractivity contribution in [3.8, 4) is 0 Å². The van der Waals surface area contributed by atoms with Crippen LogP contribution in [0, 0.1) is 12.8 Å². The Morgan fingerprint density at radius 3 is 3.11 bits per heavy atom. The van der Waals surface area contributed by atoms with Gasteiger partial charge < -0.3 is 15.0 Å². The van der Waals surface area contributed by atoms with Gasteiger partial charge in [0, 0.05) is 18.4 Å². The van der Waals surface area contributed by atoms with E-state index >= 15 is 0 Å². The van der Waals surface area contributed by atoms with Gasteiger partial charge in [-0.2, -0.15) is 4.98 Å². The van der Waals surface area contributed by atoms with Crippen molar-refractivity contribution in [2.24, 2.45) is 5.92 Å². The number of nitrogens with one attached hydrogen (secondary N) is 2. The number of aryl methyl sites for hydroxylation is 1. The molecule has 6 nitrogen and oxygen atoms in total. The van der Waals surface area contributed by atoms with Crippen LogP contribution in [0.4, 0.5) is 5.82 Å². The number of ether oxygens (including phenoxy) is 1. The number of anilines is 1. The topological polar surface area (TPSA) is 84.1 Å². The minimum Gasteiger partial charge on any atom is -0.377 e. The molecule has 0 radical (unpaired) electrons. The maximum atomic E-state index is 12.2. The Balaban J connectivity index is 2.09. The van der Waals surface area contributed by atoms with Crippen molar-refractivity contribution in [3.05, 3.63) is 22.2 Å². The largest absolute Gasteiger partial charge is 0.377 e. The third kappa shape index (κ3) is 3.41. The van der Waals surface area contributed by atoms with Gasteiger partial charge in [0.1, 0.15) is 5.82 Å². The second-order valence-corrected chi connectivity index (χ2v) is 4.81. The molecule has 0 unspecified atom stereocenters. The molecule has 2 rings (SSSR count). The summed E-state index contributed by atoms with van der Waals surface area (Å²) < 4.78 is 5.60. The van der Waals surface area contributed by atoms with Crippen LogP contribution < -0.4 is 11.0 Å². The first-order valence-corrected chi connectivity index (χ1v) is 6.60. The van der Waals surface area contributed by atoms with E-state index in [2.05, 4.69) is 15.3 Å². The summed E-state index contributed by atoms with van der Waals surface area (Å²) in [5, 5.41) is 2.71. The highest BCUT2D eigenvalue weighted by molar-refractivity contribution is 5.92. The molecular formula is C13H19N3O3. The first-order chi connectivity index (χ1) is 9.10. The molecule has 1 saturated heterocycles. The Labute approximate surface area is 111 Å². The van der Waals surface area contributed by atoms with Crippen molar-refractivity contribution in [3.63, 3.8) is 0 Å².